The van der Waals surface area contributed by atoms with E-state index in [1.807, 2.05) is 6.92 Å². The lowest BCUT2D eigenvalue weighted by atomic mass is 9.87. The van der Waals surface area contributed by atoms with E-state index in [0.29, 0.717) is 23.4 Å². The highest BCUT2D eigenvalue weighted by atomic mass is 79.9. The van der Waals surface area contributed by atoms with Crippen molar-refractivity contribution in [3.8, 4) is 5.75 Å². The van der Waals surface area contributed by atoms with E-state index < -0.39 is 26.0 Å². The van der Waals surface area contributed by atoms with Gasteiger partial charge in [-0.25, -0.2) is 0 Å². The Labute approximate surface area is 225 Å². The summed E-state index contributed by atoms with van der Waals surface area (Å²) in [6.45, 7) is 21.5. The Hall–Kier alpha value is -1.22. The zero-order valence-electron chi connectivity index (χ0n) is 22.8. The van der Waals surface area contributed by atoms with Crippen LogP contribution in [0.5, 0.6) is 5.75 Å². The zero-order chi connectivity index (χ0) is 27.2. The fourth-order valence-electron chi connectivity index (χ4n) is 2.85. The lowest BCUT2D eigenvalue weighted by Gasteiger charge is -2.38. The number of Topliss-reactive ketones (excluding diaryl/α,β-unsaturated/α-hetero) is 1. The van der Waals surface area contributed by atoms with Crippen LogP contribution in [-0.4, -0.2) is 52.1 Å². The summed E-state index contributed by atoms with van der Waals surface area (Å²) in [5.74, 6) is -2.05. The Balaban J connectivity index is 3.38. The minimum absolute atomic E-state index is 0.0539. The molecule has 0 bridgehead atoms. The van der Waals surface area contributed by atoms with Gasteiger partial charge in [-0.1, -0.05) is 69.1 Å². The maximum atomic E-state index is 13.5. The van der Waals surface area contributed by atoms with E-state index in [1.165, 1.54) is 6.21 Å². The van der Waals surface area contributed by atoms with Gasteiger partial charge in [-0.3, -0.25) is 14.6 Å². The molecule has 6 nitrogen and oxygen atoms in total. The van der Waals surface area contributed by atoms with Crippen molar-refractivity contribution in [3.05, 3.63) is 27.2 Å². The number of aliphatic imine (C=N–C) groups is 1. The molecule has 0 heterocycles. The molecule has 0 spiro atoms. The number of esters is 1. The van der Waals surface area contributed by atoms with Gasteiger partial charge in [0, 0.05) is 16.3 Å². The average Bonchev–Trinajstić information content (AvgIpc) is 2.71. The van der Waals surface area contributed by atoms with E-state index in [1.54, 1.807) is 19.1 Å². The number of benzene rings is 1. The lowest BCUT2D eigenvalue weighted by Crippen LogP contribution is -2.44. The molecular weight excluding hydrogens is 550 g/mol. The largest absolute Gasteiger partial charge is 0.492 e. The molecular formula is C26H41BrClNO5Si. The van der Waals surface area contributed by atoms with Crippen molar-refractivity contribution in [2.45, 2.75) is 79.6 Å². The van der Waals surface area contributed by atoms with Crippen molar-refractivity contribution < 1.29 is 23.5 Å². The topological polar surface area (TPSA) is 74.2 Å². The summed E-state index contributed by atoms with van der Waals surface area (Å²) in [5, 5.41) is 0.203. The van der Waals surface area contributed by atoms with Gasteiger partial charge in [0.15, 0.2) is 20.0 Å². The summed E-state index contributed by atoms with van der Waals surface area (Å²) < 4.78 is 17.8. The molecule has 0 saturated heterocycles. The minimum Gasteiger partial charge on any atom is -0.492 e. The van der Waals surface area contributed by atoms with E-state index in [2.05, 4.69) is 70.6 Å². The van der Waals surface area contributed by atoms with Crippen molar-refractivity contribution in [1.29, 1.82) is 0 Å². The van der Waals surface area contributed by atoms with Crippen LogP contribution in [0.1, 0.15) is 65.7 Å². The second-order valence-corrected chi connectivity index (χ2v) is 17.1. The molecule has 0 amide bonds. The van der Waals surface area contributed by atoms with Crippen LogP contribution in [0.4, 0.5) is 0 Å². The van der Waals surface area contributed by atoms with E-state index in [9.17, 15) is 9.59 Å². The monoisotopic (exact) mass is 589 g/mol. The molecule has 198 valence electrons. The number of carbonyl (C=O) groups excluding carboxylic acids is 2. The van der Waals surface area contributed by atoms with Crippen molar-refractivity contribution >= 4 is 53.8 Å². The summed E-state index contributed by atoms with van der Waals surface area (Å²) in [6.07, 6.45) is 1.39. The van der Waals surface area contributed by atoms with Gasteiger partial charge >= 0.3 is 5.97 Å². The second kappa shape index (κ2) is 12.8. The third kappa shape index (κ3) is 8.99. The molecule has 0 aliphatic rings. The van der Waals surface area contributed by atoms with Crippen LogP contribution >= 0.6 is 27.5 Å². The SMILES string of the molecule is CCOC(=O)C(C=N[C@H](CO[Si](C)(C)C(C)(C)C)C(C)(C)C)C(=O)c1cc(Br)cc(OCC)c1Cl. The minimum atomic E-state index is -2.01. The summed E-state index contributed by atoms with van der Waals surface area (Å²) in [7, 11) is -2.01. The summed E-state index contributed by atoms with van der Waals surface area (Å²) >= 11 is 9.87. The summed E-state index contributed by atoms with van der Waals surface area (Å²) in [6, 6.07) is 3.00. The van der Waals surface area contributed by atoms with E-state index in [0.717, 1.165) is 0 Å². The molecule has 0 saturated carbocycles. The van der Waals surface area contributed by atoms with Gasteiger partial charge < -0.3 is 13.9 Å². The first-order valence-electron chi connectivity index (χ1n) is 12.0. The predicted molar refractivity (Wildman–Crippen MR) is 150 cm³/mol. The Morgan fingerprint density at radius 2 is 1.71 bits per heavy atom. The highest BCUT2D eigenvalue weighted by molar-refractivity contribution is 9.10. The fraction of sp³-hybridized carbons (Fsp3) is 0.654. The second-order valence-electron chi connectivity index (χ2n) is 11.0. The molecule has 0 aliphatic carbocycles. The Morgan fingerprint density at radius 1 is 1.11 bits per heavy atom. The van der Waals surface area contributed by atoms with Crippen LogP contribution in [-0.2, 0) is 14.0 Å². The number of ketones is 1. The molecule has 2 atom stereocenters. The summed E-state index contributed by atoms with van der Waals surface area (Å²) in [5.41, 5.74) is -0.0877. The summed E-state index contributed by atoms with van der Waals surface area (Å²) in [4.78, 5) is 31.1. The molecule has 0 aliphatic heterocycles. The normalized spacial score (nSPS) is 14.6. The number of hydrogen-bond donors (Lipinski definition) is 0. The number of nitrogens with zero attached hydrogens (tertiary/aromatic N) is 1. The average molecular weight is 591 g/mol. The number of carbonyl (C=O) groups is 2. The molecule has 0 N–H and O–H groups in total. The van der Waals surface area contributed by atoms with Gasteiger partial charge in [-0.2, -0.15) is 0 Å². The van der Waals surface area contributed by atoms with Crippen LogP contribution in [0, 0.1) is 11.3 Å². The molecule has 1 rings (SSSR count). The van der Waals surface area contributed by atoms with Gasteiger partial charge in [0.1, 0.15) is 5.75 Å². The van der Waals surface area contributed by atoms with Crippen LogP contribution in [0.25, 0.3) is 0 Å². The zero-order valence-corrected chi connectivity index (χ0v) is 26.1. The van der Waals surface area contributed by atoms with Crippen LogP contribution in [0.2, 0.25) is 23.2 Å². The smallest absolute Gasteiger partial charge is 0.322 e. The predicted octanol–water partition coefficient (Wildman–Crippen LogP) is 7.37. The lowest BCUT2D eigenvalue weighted by molar-refractivity contribution is -0.144. The molecule has 35 heavy (non-hydrogen) atoms. The maximum Gasteiger partial charge on any atom is 0.322 e. The quantitative estimate of drug-likeness (QED) is 0.0884. The van der Waals surface area contributed by atoms with Crippen LogP contribution in [0.3, 0.4) is 0 Å². The third-order valence-corrected chi connectivity index (χ3v) is 11.6. The molecule has 0 aromatic heterocycles. The van der Waals surface area contributed by atoms with E-state index in [-0.39, 0.29) is 33.7 Å². The highest BCUT2D eigenvalue weighted by Crippen LogP contribution is 2.38. The van der Waals surface area contributed by atoms with E-state index in [4.69, 9.17) is 30.5 Å². The van der Waals surface area contributed by atoms with Crippen molar-refractivity contribution in [3.63, 3.8) is 0 Å². The van der Waals surface area contributed by atoms with Gasteiger partial charge in [0.2, 0.25) is 0 Å². The van der Waals surface area contributed by atoms with Crippen molar-refractivity contribution in [2.24, 2.45) is 16.3 Å². The molecule has 1 aromatic rings. The number of halogens is 2. The number of ether oxygens (including phenoxy) is 2. The van der Waals surface area contributed by atoms with Crippen molar-refractivity contribution in [2.75, 3.05) is 19.8 Å². The first-order chi connectivity index (χ1) is 16.0. The van der Waals surface area contributed by atoms with Gasteiger partial charge in [-0.15, -0.1) is 0 Å². The maximum absolute atomic E-state index is 13.5. The Kier molecular flexibility index (Phi) is 11.7. The first-order valence-corrected chi connectivity index (χ1v) is 16.0. The highest BCUT2D eigenvalue weighted by Gasteiger charge is 2.39. The molecule has 1 unspecified atom stereocenters. The molecule has 0 fully saturated rings. The van der Waals surface area contributed by atoms with Crippen LogP contribution in [0.15, 0.2) is 21.6 Å². The first kappa shape index (κ1) is 31.8. The van der Waals surface area contributed by atoms with E-state index >= 15 is 0 Å². The third-order valence-electron chi connectivity index (χ3n) is 6.22. The number of hydrogen-bond acceptors (Lipinski definition) is 6. The molecule has 0 radical (unpaired) electrons. The molecule has 1 aromatic carbocycles. The Morgan fingerprint density at radius 3 is 2.20 bits per heavy atom. The number of rotatable bonds is 11. The van der Waals surface area contributed by atoms with Gasteiger partial charge in [0.25, 0.3) is 0 Å². The van der Waals surface area contributed by atoms with Crippen LogP contribution < -0.4 is 4.74 Å². The van der Waals surface area contributed by atoms with Gasteiger partial charge in [0.05, 0.1) is 30.9 Å². The standard InChI is InChI=1S/C26H41BrClNO5Si/c1-11-32-20-14-17(27)13-18(22(20)28)23(30)19(24(31)33-12-2)15-29-21(25(3,4)5)16-34-35(9,10)26(6,7)8/h13-15,19,21H,11-12,16H2,1-10H3/t19?,21-/m1/s1. The van der Waals surface area contributed by atoms with Crippen molar-refractivity contribution in [1.82, 2.24) is 0 Å². The van der Waals surface area contributed by atoms with Gasteiger partial charge in [-0.05, 0) is 49.5 Å². The molecule has 9 heteroatoms. The fourth-order valence-corrected chi connectivity index (χ4v) is 4.55. The Bertz CT molecular complexity index is 922.